The Labute approximate surface area is 133 Å². The zero-order valence-corrected chi connectivity index (χ0v) is 12.8. The quantitative estimate of drug-likeness (QED) is 0.944. The van der Waals surface area contributed by atoms with Crippen LogP contribution in [0.3, 0.4) is 0 Å². The Morgan fingerprint density at radius 1 is 1.14 bits per heavy atom. The minimum absolute atomic E-state index is 0.136. The lowest BCUT2D eigenvalue weighted by Gasteiger charge is -2.08. The molecule has 0 spiro atoms. The first-order valence-electron chi connectivity index (χ1n) is 7.07. The van der Waals surface area contributed by atoms with E-state index in [2.05, 4.69) is 10.3 Å². The van der Waals surface area contributed by atoms with Crippen molar-refractivity contribution in [2.45, 2.75) is 6.61 Å². The van der Waals surface area contributed by atoms with Crippen LogP contribution in [0.5, 0.6) is 5.75 Å². The number of aliphatic imine (C=N–C) groups is 1. The highest BCUT2D eigenvalue weighted by Gasteiger charge is 2.12. The molecule has 3 rings (SSSR count). The number of nitrogens with one attached hydrogen (secondary N) is 1. The predicted molar refractivity (Wildman–Crippen MR) is 89.4 cm³/mol. The molecule has 4 nitrogen and oxygen atoms in total. The molecule has 2 aromatic rings. The number of benzene rings is 2. The molecule has 2 aromatic carbocycles. The van der Waals surface area contributed by atoms with Crippen LogP contribution in [0, 0.1) is 0 Å². The van der Waals surface area contributed by atoms with Crippen molar-refractivity contribution < 1.29 is 9.53 Å². The molecule has 0 radical (unpaired) electrons. The third-order valence-electron chi connectivity index (χ3n) is 3.17. The van der Waals surface area contributed by atoms with Crippen LogP contribution in [0.15, 0.2) is 59.6 Å². The first-order chi connectivity index (χ1) is 10.8. The van der Waals surface area contributed by atoms with Crippen LogP contribution in [0.4, 0.5) is 0 Å². The number of thioether (sulfide) groups is 1. The van der Waals surface area contributed by atoms with Crippen LogP contribution in [0.1, 0.15) is 15.9 Å². The van der Waals surface area contributed by atoms with Gasteiger partial charge in [-0.15, -0.1) is 0 Å². The van der Waals surface area contributed by atoms with E-state index in [0.29, 0.717) is 17.3 Å². The summed E-state index contributed by atoms with van der Waals surface area (Å²) in [5.74, 6) is 1.54. The topological polar surface area (TPSA) is 50.7 Å². The molecule has 0 aromatic heterocycles. The lowest BCUT2D eigenvalue weighted by molar-refractivity contribution is 0.0978. The summed E-state index contributed by atoms with van der Waals surface area (Å²) < 4.78 is 5.70. The van der Waals surface area contributed by atoms with E-state index in [9.17, 15) is 4.79 Å². The maximum absolute atomic E-state index is 12.0. The van der Waals surface area contributed by atoms with Gasteiger partial charge in [-0.3, -0.25) is 9.79 Å². The number of carbonyl (C=O) groups excluding carboxylic acids is 1. The van der Waals surface area contributed by atoms with Gasteiger partial charge in [0.2, 0.25) is 0 Å². The zero-order chi connectivity index (χ0) is 15.2. The lowest BCUT2D eigenvalue weighted by Crippen LogP contribution is -2.27. The van der Waals surface area contributed by atoms with Gasteiger partial charge < -0.3 is 10.1 Å². The highest BCUT2D eigenvalue weighted by Crippen LogP contribution is 2.15. The molecule has 1 amide bonds. The van der Waals surface area contributed by atoms with Crippen molar-refractivity contribution in [1.82, 2.24) is 5.32 Å². The molecule has 0 saturated heterocycles. The Morgan fingerprint density at radius 2 is 1.91 bits per heavy atom. The molecule has 0 saturated carbocycles. The molecule has 0 fully saturated rings. The molecule has 1 aliphatic heterocycles. The molecule has 0 unspecified atom stereocenters. The Kier molecular flexibility index (Phi) is 4.75. The zero-order valence-electron chi connectivity index (χ0n) is 12.0. The van der Waals surface area contributed by atoms with E-state index in [0.717, 1.165) is 23.6 Å². The molecule has 1 N–H and O–H groups in total. The smallest absolute Gasteiger partial charge is 0.257 e. The second kappa shape index (κ2) is 7.13. The van der Waals surface area contributed by atoms with E-state index >= 15 is 0 Å². The summed E-state index contributed by atoms with van der Waals surface area (Å²) in [6.07, 6.45) is 0. The Morgan fingerprint density at radius 3 is 2.59 bits per heavy atom. The van der Waals surface area contributed by atoms with E-state index < -0.39 is 0 Å². The van der Waals surface area contributed by atoms with E-state index in [1.165, 1.54) is 0 Å². The molecule has 0 atom stereocenters. The maximum Gasteiger partial charge on any atom is 0.257 e. The lowest BCUT2D eigenvalue weighted by atomic mass is 10.2. The Bertz CT molecular complexity index is 669. The van der Waals surface area contributed by atoms with Gasteiger partial charge in [0.05, 0.1) is 6.54 Å². The Hall–Kier alpha value is -2.27. The van der Waals surface area contributed by atoms with Gasteiger partial charge in [0.15, 0.2) is 5.17 Å². The van der Waals surface area contributed by atoms with Gasteiger partial charge >= 0.3 is 0 Å². The normalized spacial score (nSPS) is 13.5. The van der Waals surface area contributed by atoms with Crippen LogP contribution < -0.4 is 10.1 Å². The van der Waals surface area contributed by atoms with Crippen LogP contribution >= 0.6 is 11.8 Å². The first-order valence-corrected chi connectivity index (χ1v) is 8.05. The number of amides is 1. The molecule has 112 valence electrons. The van der Waals surface area contributed by atoms with Crippen molar-refractivity contribution in [1.29, 1.82) is 0 Å². The summed E-state index contributed by atoms with van der Waals surface area (Å²) >= 11 is 1.57. The second-order valence-corrected chi connectivity index (χ2v) is 5.87. The van der Waals surface area contributed by atoms with Gasteiger partial charge in [-0.2, -0.15) is 0 Å². The third kappa shape index (κ3) is 3.89. The molecule has 5 heteroatoms. The summed E-state index contributed by atoms with van der Waals surface area (Å²) in [5.41, 5.74) is 1.71. The van der Waals surface area contributed by atoms with Gasteiger partial charge in [-0.1, -0.05) is 42.1 Å². The highest BCUT2D eigenvalue weighted by atomic mass is 32.2. The summed E-state index contributed by atoms with van der Waals surface area (Å²) in [6, 6.07) is 17.1. The first kappa shape index (κ1) is 14.7. The molecule has 1 aliphatic rings. The molecule has 1 heterocycles. The van der Waals surface area contributed by atoms with E-state index in [-0.39, 0.29) is 5.91 Å². The number of hydrogen-bond donors (Lipinski definition) is 1. The fourth-order valence-corrected chi connectivity index (χ4v) is 2.75. The summed E-state index contributed by atoms with van der Waals surface area (Å²) in [6.45, 7) is 1.28. The summed E-state index contributed by atoms with van der Waals surface area (Å²) in [5, 5.41) is 3.51. The number of hydrogen-bond acceptors (Lipinski definition) is 4. The number of nitrogens with zero attached hydrogens (tertiary/aromatic N) is 1. The van der Waals surface area contributed by atoms with E-state index in [1.807, 2.05) is 30.3 Å². The van der Waals surface area contributed by atoms with Gasteiger partial charge in [-0.25, -0.2) is 0 Å². The van der Waals surface area contributed by atoms with Crippen molar-refractivity contribution >= 4 is 22.8 Å². The highest BCUT2D eigenvalue weighted by molar-refractivity contribution is 8.14. The van der Waals surface area contributed by atoms with Gasteiger partial charge in [0.25, 0.3) is 5.91 Å². The number of ether oxygens (including phenoxy) is 1. The van der Waals surface area contributed by atoms with Crippen molar-refractivity contribution in [3.63, 3.8) is 0 Å². The monoisotopic (exact) mass is 312 g/mol. The predicted octanol–water partition coefficient (Wildman–Crippen LogP) is 3.10. The average molecular weight is 312 g/mol. The number of carbonyl (C=O) groups is 1. The standard InChI is InChI=1S/C17H16N2O2S/c20-16(19-17-18-10-11-22-17)14-6-8-15(9-7-14)21-12-13-4-2-1-3-5-13/h1-9H,10-12H2,(H,18,19,20). The van der Waals surface area contributed by atoms with Crippen molar-refractivity contribution in [3.8, 4) is 5.75 Å². The van der Waals surface area contributed by atoms with Crippen LogP contribution in [-0.2, 0) is 6.61 Å². The van der Waals surface area contributed by atoms with Crippen molar-refractivity contribution in [2.75, 3.05) is 12.3 Å². The SMILES string of the molecule is O=C(NC1=NCCS1)c1ccc(OCc2ccccc2)cc1. The molecule has 22 heavy (non-hydrogen) atoms. The molecule has 0 bridgehead atoms. The Balaban J connectivity index is 1.56. The average Bonchev–Trinajstić information content (AvgIpc) is 3.07. The van der Waals surface area contributed by atoms with Gasteiger partial charge in [0.1, 0.15) is 12.4 Å². The largest absolute Gasteiger partial charge is 0.489 e. The second-order valence-electron chi connectivity index (χ2n) is 4.79. The van der Waals surface area contributed by atoms with E-state index in [4.69, 9.17) is 4.74 Å². The summed E-state index contributed by atoms with van der Waals surface area (Å²) in [4.78, 5) is 16.2. The molecule has 0 aliphatic carbocycles. The van der Waals surface area contributed by atoms with Crippen LogP contribution in [-0.4, -0.2) is 23.4 Å². The van der Waals surface area contributed by atoms with Crippen LogP contribution in [0.25, 0.3) is 0 Å². The minimum Gasteiger partial charge on any atom is -0.489 e. The summed E-state index contributed by atoms with van der Waals surface area (Å²) in [7, 11) is 0. The van der Waals surface area contributed by atoms with Gasteiger partial charge in [0, 0.05) is 11.3 Å². The minimum atomic E-state index is -0.136. The van der Waals surface area contributed by atoms with Crippen molar-refractivity contribution in [2.24, 2.45) is 4.99 Å². The fraction of sp³-hybridized carbons (Fsp3) is 0.176. The van der Waals surface area contributed by atoms with Gasteiger partial charge in [-0.05, 0) is 29.8 Å². The third-order valence-corrected chi connectivity index (χ3v) is 4.06. The number of rotatable bonds is 4. The molecular weight excluding hydrogens is 296 g/mol. The van der Waals surface area contributed by atoms with Crippen LogP contribution in [0.2, 0.25) is 0 Å². The number of amidine groups is 1. The van der Waals surface area contributed by atoms with Crippen molar-refractivity contribution in [3.05, 3.63) is 65.7 Å². The maximum atomic E-state index is 12.0. The molecular formula is C17H16N2O2S. The fourth-order valence-electron chi connectivity index (χ4n) is 2.02. The van der Waals surface area contributed by atoms with E-state index in [1.54, 1.807) is 36.0 Å².